The van der Waals surface area contributed by atoms with Gasteiger partial charge in [0.25, 0.3) is 0 Å². The number of nitrogens with one attached hydrogen (secondary N) is 3. The smallest absolute Gasteiger partial charge is 0.197 e. The molecule has 4 aromatic rings. The summed E-state index contributed by atoms with van der Waals surface area (Å²) in [5.74, 6) is 0.246. The molecular formula is C20H14N4S. The van der Waals surface area contributed by atoms with Crippen LogP contribution in [0.5, 0.6) is 0 Å². The van der Waals surface area contributed by atoms with E-state index in [0.29, 0.717) is 0 Å². The second kappa shape index (κ2) is 5.43. The average molecular weight is 342 g/mol. The quantitative estimate of drug-likeness (QED) is 0.298. The predicted octanol–water partition coefficient (Wildman–Crippen LogP) is 5.39. The number of thiazole rings is 1. The van der Waals surface area contributed by atoms with E-state index < -0.39 is 0 Å². The molecule has 0 atom stereocenters. The van der Waals surface area contributed by atoms with Gasteiger partial charge in [0, 0.05) is 16.8 Å². The summed E-state index contributed by atoms with van der Waals surface area (Å²) in [6, 6.07) is 16.3. The molecule has 0 fully saturated rings. The maximum atomic E-state index is 8.28. The van der Waals surface area contributed by atoms with E-state index in [1.165, 1.54) is 16.5 Å². The maximum Gasteiger partial charge on any atom is 0.197 e. The van der Waals surface area contributed by atoms with Crippen LogP contribution in [0, 0.1) is 5.41 Å². The first-order chi connectivity index (χ1) is 12.3. The average Bonchev–Trinajstić information content (AvgIpc) is 3.25. The molecule has 5 rings (SSSR count). The van der Waals surface area contributed by atoms with E-state index >= 15 is 0 Å². The Labute approximate surface area is 148 Å². The van der Waals surface area contributed by atoms with Crippen LogP contribution < -0.4 is 10.6 Å². The molecule has 0 bridgehead atoms. The van der Waals surface area contributed by atoms with E-state index in [4.69, 9.17) is 5.41 Å². The van der Waals surface area contributed by atoms with Gasteiger partial charge >= 0.3 is 0 Å². The molecule has 0 saturated carbocycles. The number of rotatable bonds is 2. The summed E-state index contributed by atoms with van der Waals surface area (Å²) < 4.78 is 1.11. The lowest BCUT2D eigenvalue weighted by Crippen LogP contribution is -2.20. The highest BCUT2D eigenvalue weighted by molar-refractivity contribution is 7.16. The van der Waals surface area contributed by atoms with Crippen molar-refractivity contribution in [1.29, 1.82) is 5.41 Å². The van der Waals surface area contributed by atoms with Gasteiger partial charge in [-0.15, -0.1) is 11.3 Å². The highest BCUT2D eigenvalue weighted by atomic mass is 32.1. The lowest BCUT2D eigenvalue weighted by atomic mass is 10.0. The molecule has 0 spiro atoms. The Kier molecular flexibility index (Phi) is 3.08. The number of nitrogens with zero attached hydrogens (tertiary/aromatic N) is 1. The lowest BCUT2D eigenvalue weighted by molar-refractivity contribution is 1.44. The highest BCUT2D eigenvalue weighted by Gasteiger charge is 2.12. The molecule has 120 valence electrons. The van der Waals surface area contributed by atoms with E-state index in [9.17, 15) is 0 Å². The Morgan fingerprint density at radius 2 is 1.84 bits per heavy atom. The van der Waals surface area contributed by atoms with Crippen LogP contribution in [0.3, 0.4) is 0 Å². The summed E-state index contributed by atoms with van der Waals surface area (Å²) in [5.41, 5.74) is 7.08. The number of guanidine groups is 1. The molecule has 1 heterocycles. The zero-order chi connectivity index (χ0) is 16.8. The number of benzene rings is 3. The number of fused-ring (bicyclic) bond motifs is 1. The zero-order valence-electron chi connectivity index (χ0n) is 13.2. The first-order valence-electron chi connectivity index (χ1n) is 7.98. The van der Waals surface area contributed by atoms with Crippen molar-refractivity contribution in [2.75, 3.05) is 10.6 Å². The summed E-state index contributed by atoms with van der Waals surface area (Å²) in [6.07, 6.45) is 4.27. The van der Waals surface area contributed by atoms with Crippen LogP contribution in [-0.4, -0.2) is 10.9 Å². The van der Waals surface area contributed by atoms with Crippen molar-refractivity contribution in [3.05, 3.63) is 65.2 Å². The molecule has 1 aliphatic carbocycles. The van der Waals surface area contributed by atoms with E-state index in [2.05, 4.69) is 52.0 Å². The minimum absolute atomic E-state index is 0.246. The molecule has 3 aromatic carbocycles. The molecule has 0 unspecified atom stereocenters. The Hall–Kier alpha value is -3.18. The van der Waals surface area contributed by atoms with Gasteiger partial charge in [0.1, 0.15) is 0 Å². The van der Waals surface area contributed by atoms with Crippen LogP contribution >= 0.6 is 11.3 Å². The molecular weight excluding hydrogens is 328 g/mol. The minimum atomic E-state index is 0.246. The highest BCUT2D eigenvalue weighted by Crippen LogP contribution is 2.35. The fourth-order valence-corrected chi connectivity index (χ4v) is 3.99. The van der Waals surface area contributed by atoms with Crippen molar-refractivity contribution < 1.29 is 0 Å². The van der Waals surface area contributed by atoms with Crippen molar-refractivity contribution in [1.82, 2.24) is 4.98 Å². The standard InChI is InChI=1S/C20H14N4S/c21-20(23-14-7-9-17-18(10-14)25-11-22-17)24-16-8-6-13-5-4-12-2-1-3-15(16)19(12)13/h1-11H,(H3,21,23,24). The molecule has 0 radical (unpaired) electrons. The Balaban J connectivity index is 1.44. The van der Waals surface area contributed by atoms with E-state index in [0.717, 1.165) is 27.0 Å². The fraction of sp³-hybridized carbons (Fsp3) is 0. The lowest BCUT2D eigenvalue weighted by Gasteiger charge is -2.13. The summed E-state index contributed by atoms with van der Waals surface area (Å²) in [4.78, 5) is 4.28. The van der Waals surface area contributed by atoms with Gasteiger partial charge < -0.3 is 10.6 Å². The Morgan fingerprint density at radius 3 is 2.76 bits per heavy atom. The van der Waals surface area contributed by atoms with Gasteiger partial charge in [-0.1, -0.05) is 36.4 Å². The van der Waals surface area contributed by atoms with Crippen molar-refractivity contribution in [2.24, 2.45) is 0 Å². The van der Waals surface area contributed by atoms with Crippen LogP contribution in [-0.2, 0) is 0 Å². The SMILES string of the molecule is N=C(Nc1ccc2ncsc2c1)Nc1ccc2c3c(cccc13)C=C2. The van der Waals surface area contributed by atoms with E-state index in [-0.39, 0.29) is 5.96 Å². The second-order valence-corrected chi connectivity index (χ2v) is 6.85. The van der Waals surface area contributed by atoms with E-state index in [1.54, 1.807) is 11.3 Å². The molecule has 3 N–H and O–H groups in total. The van der Waals surface area contributed by atoms with Gasteiger partial charge in [0.05, 0.1) is 15.7 Å². The van der Waals surface area contributed by atoms with Crippen LogP contribution in [0.25, 0.3) is 33.1 Å². The number of anilines is 2. The molecule has 1 aromatic heterocycles. The van der Waals surface area contributed by atoms with Crippen LogP contribution in [0.2, 0.25) is 0 Å². The molecule has 0 aliphatic heterocycles. The Morgan fingerprint density at radius 1 is 0.960 bits per heavy atom. The molecule has 5 heteroatoms. The monoisotopic (exact) mass is 342 g/mol. The molecule has 4 nitrogen and oxygen atoms in total. The normalized spacial score (nSPS) is 12.0. The predicted molar refractivity (Wildman–Crippen MR) is 107 cm³/mol. The van der Waals surface area contributed by atoms with Crippen molar-refractivity contribution in [3.63, 3.8) is 0 Å². The van der Waals surface area contributed by atoms with E-state index in [1.807, 2.05) is 29.8 Å². The molecule has 0 saturated heterocycles. The molecule has 25 heavy (non-hydrogen) atoms. The van der Waals surface area contributed by atoms with Gasteiger partial charge in [0.15, 0.2) is 5.96 Å². The summed E-state index contributed by atoms with van der Waals surface area (Å²) >= 11 is 1.60. The third kappa shape index (κ3) is 2.37. The van der Waals surface area contributed by atoms with Gasteiger partial charge in [-0.05, 0) is 40.8 Å². The van der Waals surface area contributed by atoms with Gasteiger partial charge in [0.2, 0.25) is 0 Å². The van der Waals surface area contributed by atoms with Gasteiger partial charge in [-0.25, -0.2) is 4.98 Å². The summed E-state index contributed by atoms with van der Waals surface area (Å²) in [6.45, 7) is 0. The van der Waals surface area contributed by atoms with Crippen molar-refractivity contribution in [3.8, 4) is 0 Å². The van der Waals surface area contributed by atoms with Gasteiger partial charge in [-0.2, -0.15) is 0 Å². The fourth-order valence-electron chi connectivity index (χ4n) is 3.27. The van der Waals surface area contributed by atoms with Crippen LogP contribution in [0.4, 0.5) is 11.4 Å². The summed E-state index contributed by atoms with van der Waals surface area (Å²) in [7, 11) is 0. The van der Waals surface area contributed by atoms with Crippen LogP contribution in [0.15, 0.2) is 54.0 Å². The van der Waals surface area contributed by atoms with Crippen LogP contribution in [0.1, 0.15) is 11.1 Å². The third-order valence-corrected chi connectivity index (χ3v) is 5.20. The molecule has 1 aliphatic rings. The second-order valence-electron chi connectivity index (χ2n) is 5.97. The Bertz CT molecular complexity index is 1160. The first-order valence-corrected chi connectivity index (χ1v) is 8.85. The summed E-state index contributed by atoms with van der Waals surface area (Å²) in [5, 5.41) is 17.0. The number of aromatic nitrogens is 1. The molecule has 0 amide bonds. The van der Waals surface area contributed by atoms with Crippen molar-refractivity contribution in [2.45, 2.75) is 0 Å². The maximum absolute atomic E-state index is 8.28. The first kappa shape index (κ1) is 14.2. The zero-order valence-corrected chi connectivity index (χ0v) is 14.0. The topological polar surface area (TPSA) is 60.8 Å². The minimum Gasteiger partial charge on any atom is -0.326 e. The van der Waals surface area contributed by atoms with Gasteiger partial charge in [-0.3, -0.25) is 5.41 Å². The number of hydrogen-bond donors (Lipinski definition) is 3. The number of hydrogen-bond acceptors (Lipinski definition) is 3. The third-order valence-electron chi connectivity index (χ3n) is 4.41. The largest absolute Gasteiger partial charge is 0.326 e. The van der Waals surface area contributed by atoms with Crippen molar-refractivity contribution >= 4 is 61.8 Å².